The zero-order chi connectivity index (χ0) is 20.6. The standard InChI is InChI=1S/C22H28ClFO4/c1-11-6-13-14-8-16(24)15-7-12(26)4-5-21(15,3)22(14,23)18(28)9-20(13,2)19(11)17(27)10-25/h4-5,7,11,13-14,16,18-19,25,28H,6,8-10H2,1-3H3/t11-,13-,14-,16+,18+,19+,20+,21+,22-/m1/s1. The van der Waals surface area contributed by atoms with E-state index >= 15 is 4.39 Å². The first-order chi connectivity index (χ1) is 13.0. The number of fused-ring (bicyclic) bond motifs is 5. The summed E-state index contributed by atoms with van der Waals surface area (Å²) in [6.45, 7) is 5.27. The highest BCUT2D eigenvalue weighted by Gasteiger charge is 2.71. The summed E-state index contributed by atoms with van der Waals surface area (Å²) in [5, 5.41) is 20.8. The van der Waals surface area contributed by atoms with Gasteiger partial charge in [0.25, 0.3) is 0 Å². The first-order valence-corrected chi connectivity index (χ1v) is 10.5. The fourth-order valence-corrected chi connectivity index (χ4v) is 7.85. The highest BCUT2D eigenvalue weighted by atomic mass is 35.5. The number of aliphatic hydroxyl groups is 2. The van der Waals surface area contributed by atoms with Crippen molar-refractivity contribution in [3.8, 4) is 0 Å². The number of carbonyl (C=O) groups is 2. The average molecular weight is 411 g/mol. The third-order valence-electron chi connectivity index (χ3n) is 8.47. The van der Waals surface area contributed by atoms with Gasteiger partial charge in [-0.15, -0.1) is 11.6 Å². The fourth-order valence-electron chi connectivity index (χ4n) is 7.36. The SMILES string of the molecule is C[C@@H]1C[C@@H]2[C@H]3C[C@H](F)C4=CC(=O)C=C[C@]4(C)[C@]3(Cl)[C@@H](O)C[C@]2(C)[C@@H]1C(=O)CO. The Morgan fingerprint density at radius 1 is 1.32 bits per heavy atom. The predicted octanol–water partition coefficient (Wildman–Crippen LogP) is 3.00. The highest BCUT2D eigenvalue weighted by molar-refractivity contribution is 6.26. The smallest absolute Gasteiger partial charge is 0.178 e. The molecular weight excluding hydrogens is 383 g/mol. The van der Waals surface area contributed by atoms with Crippen LogP contribution in [0.3, 0.4) is 0 Å². The van der Waals surface area contributed by atoms with Crippen molar-refractivity contribution in [1.82, 2.24) is 0 Å². The summed E-state index contributed by atoms with van der Waals surface area (Å²) < 4.78 is 15.3. The number of alkyl halides is 2. The molecule has 0 radical (unpaired) electrons. The molecule has 0 unspecified atom stereocenters. The number of aliphatic hydroxyl groups excluding tert-OH is 2. The number of halogens is 2. The molecule has 3 fully saturated rings. The Labute approximate surface area is 169 Å². The maximum atomic E-state index is 15.3. The zero-order valence-electron chi connectivity index (χ0n) is 16.5. The van der Waals surface area contributed by atoms with Crippen LogP contribution in [0.2, 0.25) is 0 Å². The number of ketones is 2. The van der Waals surface area contributed by atoms with Gasteiger partial charge in [0.15, 0.2) is 11.6 Å². The molecule has 0 amide bonds. The van der Waals surface area contributed by atoms with Crippen LogP contribution in [0.15, 0.2) is 23.8 Å². The van der Waals surface area contributed by atoms with Crippen LogP contribution in [0.1, 0.15) is 40.0 Å². The lowest BCUT2D eigenvalue weighted by Crippen LogP contribution is -2.67. The Morgan fingerprint density at radius 2 is 2.00 bits per heavy atom. The third-order valence-corrected chi connectivity index (χ3v) is 9.40. The van der Waals surface area contributed by atoms with Gasteiger partial charge in [0.2, 0.25) is 0 Å². The summed E-state index contributed by atoms with van der Waals surface area (Å²) in [6.07, 6.45) is 3.31. The number of Topliss-reactive ketones (excluding diaryl/α,β-unsaturated/α-hetero) is 1. The Bertz CT molecular complexity index is 793. The minimum absolute atomic E-state index is 0.0344. The van der Waals surface area contributed by atoms with Crippen molar-refractivity contribution < 1.29 is 24.2 Å². The molecule has 0 saturated heterocycles. The van der Waals surface area contributed by atoms with E-state index in [1.54, 1.807) is 6.08 Å². The molecule has 0 heterocycles. The summed E-state index contributed by atoms with van der Waals surface area (Å²) in [5.74, 6) is -1.18. The number of rotatable bonds is 2. The zero-order valence-corrected chi connectivity index (χ0v) is 17.2. The molecule has 4 rings (SSSR count). The quantitative estimate of drug-likeness (QED) is 0.686. The van der Waals surface area contributed by atoms with Crippen LogP contribution in [0.25, 0.3) is 0 Å². The first kappa shape index (κ1) is 20.2. The summed E-state index contributed by atoms with van der Waals surface area (Å²) in [6, 6.07) is 0. The van der Waals surface area contributed by atoms with Crippen molar-refractivity contribution in [1.29, 1.82) is 0 Å². The van der Waals surface area contributed by atoms with Crippen LogP contribution in [-0.4, -0.2) is 45.5 Å². The lowest BCUT2D eigenvalue weighted by atomic mass is 9.46. The van der Waals surface area contributed by atoms with Crippen molar-refractivity contribution >= 4 is 23.2 Å². The van der Waals surface area contributed by atoms with Crippen molar-refractivity contribution in [3.63, 3.8) is 0 Å². The van der Waals surface area contributed by atoms with Gasteiger partial charge in [-0.3, -0.25) is 9.59 Å². The average Bonchev–Trinajstić information content (AvgIpc) is 2.89. The molecule has 2 N–H and O–H groups in total. The van der Waals surface area contributed by atoms with Gasteiger partial charge in [-0.2, -0.15) is 0 Å². The number of hydrogen-bond donors (Lipinski definition) is 2. The molecule has 154 valence electrons. The second-order valence-electron chi connectivity index (χ2n) is 9.76. The summed E-state index contributed by atoms with van der Waals surface area (Å²) in [7, 11) is 0. The minimum atomic E-state index is -1.31. The van der Waals surface area contributed by atoms with E-state index in [0.717, 1.165) is 0 Å². The second-order valence-corrected chi connectivity index (χ2v) is 10.4. The molecule has 4 aliphatic rings. The van der Waals surface area contributed by atoms with Crippen molar-refractivity contribution in [3.05, 3.63) is 23.8 Å². The van der Waals surface area contributed by atoms with Gasteiger partial charge >= 0.3 is 0 Å². The lowest BCUT2D eigenvalue weighted by molar-refractivity contribution is -0.140. The van der Waals surface area contributed by atoms with E-state index in [9.17, 15) is 19.8 Å². The number of allylic oxidation sites excluding steroid dienone is 4. The van der Waals surface area contributed by atoms with E-state index in [-0.39, 0.29) is 41.7 Å². The first-order valence-electron chi connectivity index (χ1n) is 10.1. The maximum absolute atomic E-state index is 15.3. The van der Waals surface area contributed by atoms with Crippen molar-refractivity contribution in [2.24, 2.45) is 34.5 Å². The largest absolute Gasteiger partial charge is 0.391 e. The molecule has 0 aromatic rings. The molecule has 9 atom stereocenters. The molecule has 0 aromatic heterocycles. The van der Waals surface area contributed by atoms with Crippen molar-refractivity contribution in [2.45, 2.75) is 57.2 Å². The fraction of sp³-hybridized carbons (Fsp3) is 0.727. The molecule has 6 heteroatoms. The Morgan fingerprint density at radius 3 is 2.64 bits per heavy atom. The van der Waals surface area contributed by atoms with Crippen LogP contribution in [0.5, 0.6) is 0 Å². The molecule has 4 nitrogen and oxygen atoms in total. The lowest BCUT2D eigenvalue weighted by Gasteiger charge is -2.63. The van der Waals surface area contributed by atoms with Crippen LogP contribution >= 0.6 is 11.6 Å². The molecule has 0 aromatic carbocycles. The summed E-state index contributed by atoms with van der Waals surface area (Å²) >= 11 is 7.24. The second kappa shape index (κ2) is 6.23. The number of hydrogen-bond acceptors (Lipinski definition) is 4. The van der Waals surface area contributed by atoms with Crippen molar-refractivity contribution in [2.75, 3.05) is 6.61 Å². The van der Waals surface area contributed by atoms with Gasteiger partial charge in [0, 0.05) is 11.3 Å². The predicted molar refractivity (Wildman–Crippen MR) is 104 cm³/mol. The van der Waals surface area contributed by atoms with E-state index in [1.165, 1.54) is 12.2 Å². The van der Waals surface area contributed by atoms with Gasteiger partial charge in [0.05, 0.1) is 11.0 Å². The monoisotopic (exact) mass is 410 g/mol. The molecule has 0 spiro atoms. The van der Waals surface area contributed by atoms with Crippen LogP contribution in [-0.2, 0) is 9.59 Å². The number of carbonyl (C=O) groups excluding carboxylic acids is 2. The summed E-state index contributed by atoms with van der Waals surface area (Å²) in [5.41, 5.74) is -1.15. The van der Waals surface area contributed by atoms with Gasteiger partial charge in [-0.05, 0) is 60.2 Å². The van der Waals surface area contributed by atoms with E-state index in [4.69, 9.17) is 11.6 Å². The Hall–Kier alpha value is -1.04. The normalized spacial score (nSPS) is 52.5. The molecular formula is C22H28ClFO4. The third kappa shape index (κ3) is 2.30. The van der Waals surface area contributed by atoms with E-state index in [1.807, 2.05) is 20.8 Å². The van der Waals surface area contributed by atoms with Crippen LogP contribution in [0.4, 0.5) is 4.39 Å². The van der Waals surface area contributed by atoms with Gasteiger partial charge in [0.1, 0.15) is 12.8 Å². The van der Waals surface area contributed by atoms with Crippen LogP contribution < -0.4 is 0 Å². The maximum Gasteiger partial charge on any atom is 0.178 e. The van der Waals surface area contributed by atoms with E-state index in [0.29, 0.717) is 18.4 Å². The molecule has 4 aliphatic carbocycles. The van der Waals surface area contributed by atoms with E-state index < -0.39 is 34.6 Å². The molecule has 3 saturated carbocycles. The van der Waals surface area contributed by atoms with Gasteiger partial charge in [-0.25, -0.2) is 4.39 Å². The Kier molecular flexibility index (Phi) is 4.50. The van der Waals surface area contributed by atoms with Gasteiger partial charge < -0.3 is 10.2 Å². The van der Waals surface area contributed by atoms with E-state index in [2.05, 4.69) is 0 Å². The topological polar surface area (TPSA) is 74.6 Å². The highest BCUT2D eigenvalue weighted by Crippen LogP contribution is 2.70. The Balaban J connectivity index is 1.84. The summed E-state index contributed by atoms with van der Waals surface area (Å²) in [4.78, 5) is 23.3. The van der Waals surface area contributed by atoms with Gasteiger partial charge in [-0.1, -0.05) is 26.8 Å². The molecule has 0 aliphatic heterocycles. The molecule has 0 bridgehead atoms. The van der Waals surface area contributed by atoms with Crippen LogP contribution in [0, 0.1) is 34.5 Å². The minimum Gasteiger partial charge on any atom is -0.391 e. The molecule has 28 heavy (non-hydrogen) atoms.